The van der Waals surface area contributed by atoms with Gasteiger partial charge in [-0.1, -0.05) is 12.1 Å². The van der Waals surface area contributed by atoms with Crippen molar-refractivity contribution in [1.29, 1.82) is 0 Å². The predicted molar refractivity (Wildman–Crippen MR) is 91.8 cm³/mol. The number of aromatic nitrogens is 1. The third kappa shape index (κ3) is 3.98. The molecule has 1 aromatic carbocycles. The van der Waals surface area contributed by atoms with Crippen molar-refractivity contribution in [3.63, 3.8) is 0 Å². The summed E-state index contributed by atoms with van der Waals surface area (Å²) in [5.74, 6) is -1.31. The van der Waals surface area contributed by atoms with Crippen LogP contribution in [0.3, 0.4) is 0 Å². The van der Waals surface area contributed by atoms with Crippen LogP contribution >= 0.6 is 11.3 Å². The van der Waals surface area contributed by atoms with Crippen molar-refractivity contribution < 1.29 is 19.4 Å². The quantitative estimate of drug-likeness (QED) is 0.841. The van der Waals surface area contributed by atoms with Crippen LogP contribution in [0.4, 0.5) is 0 Å². The third-order valence-corrected chi connectivity index (χ3v) is 4.90. The molecule has 0 unspecified atom stereocenters. The number of para-hydroxylation sites is 1. The topological polar surface area (TPSA) is 79.7 Å². The van der Waals surface area contributed by atoms with Gasteiger partial charge in [-0.2, -0.15) is 0 Å². The Morgan fingerprint density at radius 2 is 2.08 bits per heavy atom. The summed E-state index contributed by atoms with van der Waals surface area (Å²) in [5.41, 5.74) is 0.890. The number of benzene rings is 1. The molecule has 0 aliphatic carbocycles. The molecular formula is C17H18N2O4S. The number of carboxylic acids is 1. The summed E-state index contributed by atoms with van der Waals surface area (Å²) in [6, 6.07) is 7.66. The number of thiazole rings is 1. The highest BCUT2D eigenvalue weighted by molar-refractivity contribution is 7.19. The van der Waals surface area contributed by atoms with Crippen molar-refractivity contribution in [3.8, 4) is 0 Å². The second kappa shape index (κ2) is 7.55. The summed E-state index contributed by atoms with van der Waals surface area (Å²) in [6.07, 6.45) is 4.39. The second-order valence-electron chi connectivity index (χ2n) is 5.56. The number of nitrogens with zero attached hydrogens (tertiary/aromatic N) is 2. The summed E-state index contributed by atoms with van der Waals surface area (Å²) >= 11 is 1.50. The van der Waals surface area contributed by atoms with E-state index in [0.717, 1.165) is 15.2 Å². The molecule has 3 rings (SSSR count). The fraction of sp³-hybridized carbons (Fsp3) is 0.353. The molecule has 1 aliphatic heterocycles. The molecule has 6 nitrogen and oxygen atoms in total. The maximum absolute atomic E-state index is 12.5. The molecule has 0 spiro atoms. The molecule has 1 aliphatic rings. The van der Waals surface area contributed by atoms with Gasteiger partial charge in [-0.3, -0.25) is 9.59 Å². The Morgan fingerprint density at radius 1 is 1.33 bits per heavy atom. The largest absolute Gasteiger partial charge is 0.480 e. The lowest BCUT2D eigenvalue weighted by molar-refractivity contribution is -0.145. The number of carboxylic acid groups (broad SMARTS) is 1. The van der Waals surface area contributed by atoms with Crippen LogP contribution in [0.1, 0.15) is 17.8 Å². The molecule has 1 saturated heterocycles. The fourth-order valence-corrected chi connectivity index (χ4v) is 3.60. The van der Waals surface area contributed by atoms with E-state index >= 15 is 0 Å². The van der Waals surface area contributed by atoms with Crippen LogP contribution in [-0.2, 0) is 14.3 Å². The number of rotatable bonds is 5. The number of amides is 1. The molecule has 24 heavy (non-hydrogen) atoms. The first-order chi connectivity index (χ1) is 11.6. The summed E-state index contributed by atoms with van der Waals surface area (Å²) in [5, 5.41) is 9.81. The molecule has 0 saturated carbocycles. The molecule has 1 aromatic heterocycles. The van der Waals surface area contributed by atoms with E-state index in [1.807, 2.05) is 24.3 Å². The maximum Gasteiger partial charge on any atom is 0.323 e. The van der Waals surface area contributed by atoms with Crippen LogP contribution < -0.4 is 0 Å². The zero-order valence-corrected chi connectivity index (χ0v) is 13.9. The lowest BCUT2D eigenvalue weighted by Crippen LogP contribution is -2.45. The van der Waals surface area contributed by atoms with E-state index in [-0.39, 0.29) is 18.5 Å². The molecule has 126 valence electrons. The van der Waals surface area contributed by atoms with Crippen LogP contribution in [0.15, 0.2) is 30.3 Å². The van der Waals surface area contributed by atoms with Crippen molar-refractivity contribution in [1.82, 2.24) is 9.88 Å². The monoisotopic (exact) mass is 346 g/mol. The Hall–Kier alpha value is -2.25. The zero-order valence-electron chi connectivity index (χ0n) is 13.1. The van der Waals surface area contributed by atoms with Crippen molar-refractivity contribution in [2.75, 3.05) is 19.8 Å². The highest BCUT2D eigenvalue weighted by Gasteiger charge is 2.26. The Morgan fingerprint density at radius 3 is 2.79 bits per heavy atom. The van der Waals surface area contributed by atoms with Gasteiger partial charge in [-0.25, -0.2) is 4.98 Å². The highest BCUT2D eigenvalue weighted by atomic mass is 32.1. The number of carbonyl (C=O) groups excluding carboxylic acids is 1. The van der Waals surface area contributed by atoms with Gasteiger partial charge in [0.1, 0.15) is 11.6 Å². The standard InChI is InChI=1S/C17H18N2O4S/c20-16(19(11-17(21)22)12-7-9-23-10-8-12)6-5-15-18-13-3-1-2-4-14(13)24-15/h1-6,12H,7-11H2,(H,21,22)/b6-5+. The van der Waals surface area contributed by atoms with Gasteiger partial charge in [0, 0.05) is 25.3 Å². The number of hydrogen-bond acceptors (Lipinski definition) is 5. The molecule has 0 atom stereocenters. The molecule has 2 aromatic rings. The molecule has 1 N–H and O–H groups in total. The number of hydrogen-bond donors (Lipinski definition) is 1. The molecule has 1 amide bonds. The number of carbonyl (C=O) groups is 2. The average molecular weight is 346 g/mol. The van der Waals surface area contributed by atoms with E-state index in [1.54, 1.807) is 6.08 Å². The molecular weight excluding hydrogens is 328 g/mol. The normalized spacial score (nSPS) is 15.8. The fourth-order valence-electron chi connectivity index (χ4n) is 2.73. The minimum Gasteiger partial charge on any atom is -0.480 e. The van der Waals surface area contributed by atoms with Crippen LogP contribution in [0, 0.1) is 0 Å². The molecule has 1 fully saturated rings. The Bertz CT molecular complexity index is 732. The summed E-state index contributed by atoms with van der Waals surface area (Å²) in [6.45, 7) is 0.805. The average Bonchev–Trinajstić information content (AvgIpc) is 3.01. The van der Waals surface area contributed by atoms with E-state index in [0.29, 0.717) is 26.1 Å². The van der Waals surface area contributed by atoms with Crippen molar-refractivity contribution in [2.24, 2.45) is 0 Å². The minimum atomic E-state index is -1.01. The van der Waals surface area contributed by atoms with Gasteiger partial charge < -0.3 is 14.7 Å². The Labute approximate surface area is 143 Å². The van der Waals surface area contributed by atoms with E-state index in [4.69, 9.17) is 9.84 Å². The summed E-state index contributed by atoms with van der Waals surface area (Å²) in [4.78, 5) is 29.4. The summed E-state index contributed by atoms with van der Waals surface area (Å²) in [7, 11) is 0. The molecule has 7 heteroatoms. The zero-order chi connectivity index (χ0) is 16.9. The minimum absolute atomic E-state index is 0.0950. The maximum atomic E-state index is 12.5. The van der Waals surface area contributed by atoms with E-state index in [2.05, 4.69) is 4.98 Å². The smallest absolute Gasteiger partial charge is 0.323 e. The Kier molecular flexibility index (Phi) is 5.22. The number of ether oxygens (including phenoxy) is 1. The number of aliphatic carboxylic acids is 1. The van der Waals surface area contributed by atoms with Gasteiger partial charge in [-0.15, -0.1) is 11.3 Å². The molecule has 0 bridgehead atoms. The first kappa shape index (κ1) is 16.6. The van der Waals surface area contributed by atoms with Crippen LogP contribution in [0.25, 0.3) is 16.3 Å². The van der Waals surface area contributed by atoms with Crippen LogP contribution in [-0.4, -0.2) is 52.7 Å². The van der Waals surface area contributed by atoms with Gasteiger partial charge in [-0.05, 0) is 31.1 Å². The Balaban J connectivity index is 1.74. The SMILES string of the molecule is O=C(O)CN(C(=O)/C=C/c1nc2ccccc2s1)C1CCOCC1. The van der Waals surface area contributed by atoms with Gasteiger partial charge in [0.15, 0.2) is 0 Å². The second-order valence-corrected chi connectivity index (χ2v) is 6.62. The van der Waals surface area contributed by atoms with Gasteiger partial charge in [0.05, 0.1) is 10.2 Å². The highest BCUT2D eigenvalue weighted by Crippen LogP contribution is 2.22. The molecule has 2 heterocycles. The van der Waals surface area contributed by atoms with Gasteiger partial charge in [0.25, 0.3) is 0 Å². The van der Waals surface area contributed by atoms with Crippen LogP contribution in [0.5, 0.6) is 0 Å². The predicted octanol–water partition coefficient (Wildman–Crippen LogP) is 2.40. The van der Waals surface area contributed by atoms with Crippen molar-refractivity contribution in [3.05, 3.63) is 35.3 Å². The third-order valence-electron chi connectivity index (χ3n) is 3.90. The van der Waals surface area contributed by atoms with E-state index in [9.17, 15) is 9.59 Å². The van der Waals surface area contributed by atoms with Crippen LogP contribution in [0.2, 0.25) is 0 Å². The first-order valence-corrected chi connectivity index (χ1v) is 8.59. The van der Waals surface area contributed by atoms with Crippen molar-refractivity contribution in [2.45, 2.75) is 18.9 Å². The van der Waals surface area contributed by atoms with Gasteiger partial charge in [0.2, 0.25) is 5.91 Å². The first-order valence-electron chi connectivity index (χ1n) is 7.77. The lowest BCUT2D eigenvalue weighted by atomic mass is 10.1. The molecule has 0 radical (unpaired) electrons. The lowest BCUT2D eigenvalue weighted by Gasteiger charge is -2.32. The summed E-state index contributed by atoms with van der Waals surface area (Å²) < 4.78 is 6.34. The van der Waals surface area contributed by atoms with Crippen molar-refractivity contribution >= 4 is 39.5 Å². The van der Waals surface area contributed by atoms with E-state index < -0.39 is 5.97 Å². The van der Waals surface area contributed by atoms with E-state index in [1.165, 1.54) is 22.3 Å². The van der Waals surface area contributed by atoms with Gasteiger partial charge >= 0.3 is 5.97 Å². The number of fused-ring (bicyclic) bond motifs is 1.